The molecule has 1 aromatic heterocycles. The number of likely N-dealkylation sites (tertiary alicyclic amines) is 1. The van der Waals surface area contributed by atoms with Crippen molar-refractivity contribution in [3.63, 3.8) is 0 Å². The summed E-state index contributed by atoms with van der Waals surface area (Å²) in [6.45, 7) is 2.69. The average Bonchev–Trinajstić information content (AvgIpc) is 3.05. The van der Waals surface area contributed by atoms with Gasteiger partial charge in [-0.3, -0.25) is 4.79 Å². The molecule has 1 aromatic carbocycles. The molecule has 2 atom stereocenters. The molecule has 3 rings (SSSR count). The van der Waals surface area contributed by atoms with Crippen molar-refractivity contribution >= 4 is 5.91 Å². The van der Waals surface area contributed by atoms with Gasteiger partial charge < -0.3 is 10.6 Å². The molecule has 1 fully saturated rings. The number of hydrogen-bond acceptors (Lipinski definition) is 4. The summed E-state index contributed by atoms with van der Waals surface area (Å²) in [7, 11) is 0. The first-order valence-electron chi connectivity index (χ1n) is 7.71. The van der Waals surface area contributed by atoms with Gasteiger partial charge in [0.15, 0.2) is 5.69 Å². The zero-order valence-electron chi connectivity index (χ0n) is 12.7. The van der Waals surface area contributed by atoms with Crippen molar-refractivity contribution in [2.75, 3.05) is 6.54 Å². The Balaban J connectivity index is 1.82. The van der Waals surface area contributed by atoms with E-state index in [1.54, 1.807) is 10.9 Å². The number of rotatable bonds is 3. The first-order valence-corrected chi connectivity index (χ1v) is 7.71. The molecule has 0 radical (unpaired) electrons. The monoisotopic (exact) mass is 299 g/mol. The SMILES string of the molecule is CC(N)C1CCCCN1C(=O)c1cn(-c2ccccc2)nn1. The fourth-order valence-electron chi connectivity index (χ4n) is 2.97. The molecule has 0 spiro atoms. The molecule has 2 heterocycles. The van der Waals surface area contributed by atoms with Crippen LogP contribution in [0.3, 0.4) is 0 Å². The van der Waals surface area contributed by atoms with Crippen LogP contribution in [0.25, 0.3) is 5.69 Å². The van der Waals surface area contributed by atoms with Crippen LogP contribution in [0.15, 0.2) is 36.5 Å². The van der Waals surface area contributed by atoms with Gasteiger partial charge in [-0.25, -0.2) is 4.68 Å². The van der Waals surface area contributed by atoms with Gasteiger partial charge >= 0.3 is 0 Å². The maximum absolute atomic E-state index is 12.7. The first kappa shape index (κ1) is 14.7. The molecule has 1 amide bonds. The minimum atomic E-state index is -0.0795. The minimum absolute atomic E-state index is 0.0339. The number of piperidine rings is 1. The highest BCUT2D eigenvalue weighted by Gasteiger charge is 2.31. The number of aromatic nitrogens is 3. The Morgan fingerprint density at radius 2 is 2.09 bits per heavy atom. The highest BCUT2D eigenvalue weighted by atomic mass is 16.2. The molecular formula is C16H21N5O. The molecule has 2 N–H and O–H groups in total. The zero-order chi connectivity index (χ0) is 15.5. The van der Waals surface area contributed by atoms with Crippen LogP contribution in [-0.2, 0) is 0 Å². The summed E-state index contributed by atoms with van der Waals surface area (Å²) in [4.78, 5) is 14.6. The van der Waals surface area contributed by atoms with E-state index in [9.17, 15) is 4.79 Å². The molecule has 0 saturated carbocycles. The third kappa shape index (κ3) is 2.87. The Hall–Kier alpha value is -2.21. The van der Waals surface area contributed by atoms with Gasteiger partial charge in [0, 0.05) is 18.6 Å². The molecule has 1 aliphatic heterocycles. The van der Waals surface area contributed by atoms with Crippen LogP contribution in [0.1, 0.15) is 36.7 Å². The number of hydrogen-bond donors (Lipinski definition) is 1. The summed E-state index contributed by atoms with van der Waals surface area (Å²) in [5, 5.41) is 8.10. The van der Waals surface area contributed by atoms with Crippen LogP contribution < -0.4 is 5.73 Å². The number of nitrogens with two attached hydrogens (primary N) is 1. The molecular weight excluding hydrogens is 278 g/mol. The third-order valence-electron chi connectivity index (χ3n) is 4.15. The van der Waals surface area contributed by atoms with E-state index in [0.29, 0.717) is 5.69 Å². The molecule has 22 heavy (non-hydrogen) atoms. The second-order valence-corrected chi connectivity index (χ2v) is 5.80. The lowest BCUT2D eigenvalue weighted by Gasteiger charge is -2.37. The highest BCUT2D eigenvalue weighted by Crippen LogP contribution is 2.21. The van der Waals surface area contributed by atoms with E-state index in [4.69, 9.17) is 5.73 Å². The van der Waals surface area contributed by atoms with Crippen molar-refractivity contribution in [2.24, 2.45) is 5.73 Å². The van der Waals surface area contributed by atoms with E-state index in [-0.39, 0.29) is 18.0 Å². The Morgan fingerprint density at radius 1 is 1.32 bits per heavy atom. The van der Waals surface area contributed by atoms with Gasteiger partial charge in [0.1, 0.15) is 0 Å². The van der Waals surface area contributed by atoms with Crippen LogP contribution in [0, 0.1) is 0 Å². The second-order valence-electron chi connectivity index (χ2n) is 5.80. The van der Waals surface area contributed by atoms with E-state index in [1.807, 2.05) is 42.2 Å². The number of amides is 1. The van der Waals surface area contributed by atoms with Crippen molar-refractivity contribution in [1.82, 2.24) is 19.9 Å². The minimum Gasteiger partial charge on any atom is -0.333 e. The first-order chi connectivity index (χ1) is 10.7. The lowest BCUT2D eigenvalue weighted by Crippen LogP contribution is -2.51. The molecule has 1 aliphatic rings. The summed E-state index contributed by atoms with van der Waals surface area (Å²) in [5.41, 5.74) is 7.29. The summed E-state index contributed by atoms with van der Waals surface area (Å²) >= 11 is 0. The van der Waals surface area contributed by atoms with Crippen molar-refractivity contribution < 1.29 is 4.79 Å². The van der Waals surface area contributed by atoms with Crippen LogP contribution in [0.5, 0.6) is 0 Å². The van der Waals surface area contributed by atoms with Gasteiger partial charge in [0.05, 0.1) is 11.9 Å². The number of carbonyl (C=O) groups excluding carboxylic acids is 1. The maximum atomic E-state index is 12.7. The summed E-state index contributed by atoms with van der Waals surface area (Å²) in [6.07, 6.45) is 4.77. The number of benzene rings is 1. The predicted octanol–water partition coefficient (Wildman–Crippen LogP) is 1.61. The molecule has 6 heteroatoms. The highest BCUT2D eigenvalue weighted by molar-refractivity contribution is 5.92. The van der Waals surface area contributed by atoms with Crippen molar-refractivity contribution in [1.29, 1.82) is 0 Å². The Bertz CT molecular complexity index is 637. The van der Waals surface area contributed by atoms with E-state index in [0.717, 1.165) is 31.5 Å². The molecule has 6 nitrogen and oxygen atoms in total. The number of carbonyl (C=O) groups is 1. The van der Waals surface area contributed by atoms with Crippen LogP contribution in [0.2, 0.25) is 0 Å². The van der Waals surface area contributed by atoms with Crippen molar-refractivity contribution in [3.8, 4) is 5.69 Å². The summed E-state index contributed by atoms with van der Waals surface area (Å²) in [6, 6.07) is 9.69. The molecule has 116 valence electrons. The van der Waals surface area contributed by atoms with Crippen LogP contribution >= 0.6 is 0 Å². The molecule has 0 aliphatic carbocycles. The predicted molar refractivity (Wildman–Crippen MR) is 83.7 cm³/mol. The number of para-hydroxylation sites is 1. The summed E-state index contributed by atoms with van der Waals surface area (Å²) in [5.74, 6) is -0.0795. The van der Waals surface area contributed by atoms with E-state index >= 15 is 0 Å². The lowest BCUT2D eigenvalue weighted by atomic mass is 9.96. The fourth-order valence-corrected chi connectivity index (χ4v) is 2.97. The van der Waals surface area contributed by atoms with Gasteiger partial charge in [-0.15, -0.1) is 5.10 Å². The van der Waals surface area contributed by atoms with Gasteiger partial charge in [-0.1, -0.05) is 23.4 Å². The molecule has 2 aromatic rings. The Kier molecular flexibility index (Phi) is 4.20. The molecule has 2 unspecified atom stereocenters. The van der Waals surface area contributed by atoms with E-state index in [2.05, 4.69) is 10.3 Å². The Labute approximate surface area is 129 Å². The van der Waals surface area contributed by atoms with Gasteiger partial charge in [-0.2, -0.15) is 0 Å². The van der Waals surface area contributed by atoms with Gasteiger partial charge in [-0.05, 0) is 38.3 Å². The van der Waals surface area contributed by atoms with Crippen molar-refractivity contribution in [2.45, 2.75) is 38.3 Å². The zero-order valence-corrected chi connectivity index (χ0v) is 12.7. The number of nitrogens with zero attached hydrogens (tertiary/aromatic N) is 4. The Morgan fingerprint density at radius 3 is 2.82 bits per heavy atom. The van der Waals surface area contributed by atoms with Gasteiger partial charge in [0.25, 0.3) is 5.91 Å². The quantitative estimate of drug-likeness (QED) is 0.934. The maximum Gasteiger partial charge on any atom is 0.276 e. The van der Waals surface area contributed by atoms with E-state index < -0.39 is 0 Å². The van der Waals surface area contributed by atoms with Crippen molar-refractivity contribution in [3.05, 3.63) is 42.2 Å². The largest absolute Gasteiger partial charge is 0.333 e. The van der Waals surface area contributed by atoms with Crippen LogP contribution in [0.4, 0.5) is 0 Å². The standard InChI is InChI=1S/C16H21N5O/c1-12(17)15-9-5-6-10-20(15)16(22)14-11-21(19-18-14)13-7-3-2-4-8-13/h2-4,7-8,11-12,15H,5-6,9-10,17H2,1H3. The molecule has 0 bridgehead atoms. The van der Waals surface area contributed by atoms with E-state index in [1.165, 1.54) is 0 Å². The molecule has 1 saturated heterocycles. The summed E-state index contributed by atoms with van der Waals surface area (Å²) < 4.78 is 1.62. The second kappa shape index (κ2) is 6.27. The normalized spacial score (nSPS) is 19.9. The van der Waals surface area contributed by atoms with Crippen LogP contribution in [-0.4, -0.2) is 44.4 Å². The fraction of sp³-hybridized carbons (Fsp3) is 0.438. The van der Waals surface area contributed by atoms with Gasteiger partial charge in [0.2, 0.25) is 0 Å². The average molecular weight is 299 g/mol. The topological polar surface area (TPSA) is 77.0 Å². The third-order valence-corrected chi connectivity index (χ3v) is 4.15. The smallest absolute Gasteiger partial charge is 0.276 e. The lowest BCUT2D eigenvalue weighted by molar-refractivity contribution is 0.0577.